The maximum absolute atomic E-state index is 11.9. The molecule has 0 amide bonds. The number of piperazine rings is 1. The highest BCUT2D eigenvalue weighted by Gasteiger charge is 2.07. The van der Waals surface area contributed by atoms with E-state index in [9.17, 15) is 13.6 Å². The van der Waals surface area contributed by atoms with Crippen LogP contribution >= 0.6 is 0 Å². The topological polar surface area (TPSA) is 41.6 Å². The van der Waals surface area contributed by atoms with Crippen molar-refractivity contribution < 1.29 is 18.3 Å². The lowest BCUT2D eigenvalue weighted by molar-refractivity contribution is -0.138. The van der Waals surface area contributed by atoms with Crippen molar-refractivity contribution in [2.75, 3.05) is 32.7 Å². The predicted molar refractivity (Wildman–Crippen MR) is 88.2 cm³/mol. The quantitative estimate of drug-likeness (QED) is 0.847. The minimum Gasteiger partial charge on any atom is -0.462 e. The summed E-state index contributed by atoms with van der Waals surface area (Å²) in [4.78, 5) is 12.1. The van der Waals surface area contributed by atoms with E-state index in [0.29, 0.717) is 6.47 Å². The molecule has 2 rings (SSSR count). The number of rotatable bonds is 2. The Labute approximate surface area is 137 Å². The molecule has 0 unspecified atom stereocenters. The minimum absolute atomic E-state index is 0.318. The first-order chi connectivity index (χ1) is 10.8. The third kappa shape index (κ3) is 13.8. The Morgan fingerprint density at radius 2 is 1.74 bits per heavy atom. The molecule has 132 valence electrons. The normalized spacial score (nSPS) is 14.7. The lowest BCUT2D eigenvalue weighted by atomic mass is 10.2. The maximum atomic E-state index is 11.9. The molecule has 1 saturated heterocycles. The summed E-state index contributed by atoms with van der Waals surface area (Å²) < 4.78 is 28.4. The van der Waals surface area contributed by atoms with Crippen LogP contribution in [0.5, 0.6) is 0 Å². The number of carbonyl (C=O) groups is 1. The Morgan fingerprint density at radius 1 is 1.22 bits per heavy atom. The monoisotopic (exact) mass is 330 g/mol. The molecule has 0 aliphatic carbocycles. The Hall–Kier alpha value is -1.53. The van der Waals surface area contributed by atoms with Crippen LogP contribution in [0.25, 0.3) is 0 Å². The van der Waals surface area contributed by atoms with Gasteiger partial charge in [0.1, 0.15) is 17.2 Å². The molecule has 0 atom stereocenters. The smallest absolute Gasteiger partial charge is 0.293 e. The van der Waals surface area contributed by atoms with Crippen LogP contribution in [0.4, 0.5) is 8.78 Å². The molecule has 0 spiro atoms. The van der Waals surface area contributed by atoms with Crippen molar-refractivity contribution in [1.82, 2.24) is 10.2 Å². The third-order valence-corrected chi connectivity index (χ3v) is 2.85. The van der Waals surface area contributed by atoms with Gasteiger partial charge in [-0.15, -0.1) is 0 Å². The van der Waals surface area contributed by atoms with Crippen LogP contribution in [0.15, 0.2) is 24.3 Å². The van der Waals surface area contributed by atoms with Gasteiger partial charge in [0.05, 0.1) is 0 Å². The summed E-state index contributed by atoms with van der Waals surface area (Å²) in [5.41, 5.74) is -0.318. The highest BCUT2D eigenvalue weighted by atomic mass is 19.1. The van der Waals surface area contributed by atoms with E-state index in [4.69, 9.17) is 0 Å². The predicted octanol–water partition coefficient (Wildman–Crippen LogP) is 2.83. The second-order valence-electron chi connectivity index (χ2n) is 5.95. The van der Waals surface area contributed by atoms with E-state index in [1.165, 1.54) is 50.9 Å². The molecular formula is C17H28F2N2O2. The minimum atomic E-state index is -0.537. The zero-order chi connectivity index (χ0) is 17.7. The summed E-state index contributed by atoms with van der Waals surface area (Å²) in [7, 11) is 0. The van der Waals surface area contributed by atoms with Gasteiger partial charge >= 0.3 is 0 Å². The number of benzene rings is 1. The first kappa shape index (κ1) is 21.5. The molecule has 1 N–H and O–H groups in total. The molecule has 0 aromatic heterocycles. The van der Waals surface area contributed by atoms with Gasteiger partial charge in [-0.25, -0.2) is 8.78 Å². The van der Waals surface area contributed by atoms with Gasteiger partial charge in [0.25, 0.3) is 6.47 Å². The molecule has 1 aliphatic heterocycles. The molecule has 0 radical (unpaired) electrons. The molecule has 6 heteroatoms. The van der Waals surface area contributed by atoms with Crippen LogP contribution in [0.3, 0.4) is 0 Å². The molecule has 0 bridgehead atoms. The number of nitrogens with one attached hydrogen (secondary N) is 1. The summed E-state index contributed by atoms with van der Waals surface area (Å²) in [6.07, 6.45) is 0. The average Bonchev–Trinajstić information content (AvgIpc) is 2.48. The standard InChI is InChI=1S/C6H4F2.C6H14N2.C5H10O2/c7-5-2-1-3-6(8)4-5;1-2-8-5-3-7-4-6-8;1-5(2,3)7-4-6/h1-4H;7H,2-6H2,1H3;4H,1-3H3. The second-order valence-corrected chi connectivity index (χ2v) is 5.95. The van der Waals surface area contributed by atoms with Gasteiger partial charge < -0.3 is 15.0 Å². The second kappa shape index (κ2) is 12.0. The molecule has 4 nitrogen and oxygen atoms in total. The SMILES string of the molecule is CC(C)(C)OC=O.CCN1CCNCC1.Fc1cccc(F)c1. The zero-order valence-electron chi connectivity index (χ0n) is 14.4. The van der Waals surface area contributed by atoms with Gasteiger partial charge in [-0.05, 0) is 39.4 Å². The lowest BCUT2D eigenvalue weighted by Crippen LogP contribution is -2.43. The van der Waals surface area contributed by atoms with Crippen LogP contribution in [0.1, 0.15) is 27.7 Å². The van der Waals surface area contributed by atoms with Crippen molar-refractivity contribution in [2.24, 2.45) is 0 Å². The van der Waals surface area contributed by atoms with Crippen molar-refractivity contribution in [1.29, 1.82) is 0 Å². The number of hydrogen-bond donors (Lipinski definition) is 1. The van der Waals surface area contributed by atoms with E-state index in [1.54, 1.807) is 0 Å². The summed E-state index contributed by atoms with van der Waals surface area (Å²) in [5.74, 6) is -1.07. The summed E-state index contributed by atoms with van der Waals surface area (Å²) in [6.45, 7) is 14.2. The van der Waals surface area contributed by atoms with E-state index in [1.807, 2.05) is 20.8 Å². The number of ether oxygens (including phenoxy) is 1. The van der Waals surface area contributed by atoms with E-state index in [0.717, 1.165) is 6.07 Å². The molecule has 1 aliphatic rings. The van der Waals surface area contributed by atoms with E-state index in [2.05, 4.69) is 21.9 Å². The average molecular weight is 330 g/mol. The highest BCUT2D eigenvalue weighted by molar-refractivity contribution is 5.37. The van der Waals surface area contributed by atoms with Crippen molar-refractivity contribution in [3.05, 3.63) is 35.9 Å². The van der Waals surface area contributed by atoms with Crippen LogP contribution in [0.2, 0.25) is 0 Å². The molecular weight excluding hydrogens is 302 g/mol. The van der Waals surface area contributed by atoms with Crippen molar-refractivity contribution >= 4 is 6.47 Å². The molecule has 1 heterocycles. The number of halogens is 2. The van der Waals surface area contributed by atoms with Crippen LogP contribution in [-0.4, -0.2) is 49.7 Å². The van der Waals surface area contributed by atoms with Gasteiger partial charge in [0, 0.05) is 32.2 Å². The molecule has 1 aromatic rings. The summed E-state index contributed by atoms with van der Waals surface area (Å²) in [6, 6.07) is 4.55. The number of carbonyl (C=O) groups excluding carboxylic acids is 1. The number of nitrogens with zero attached hydrogens (tertiary/aromatic N) is 1. The van der Waals surface area contributed by atoms with Gasteiger partial charge in [-0.1, -0.05) is 13.0 Å². The summed E-state index contributed by atoms with van der Waals surface area (Å²) >= 11 is 0. The summed E-state index contributed by atoms with van der Waals surface area (Å²) in [5, 5.41) is 3.31. The Morgan fingerprint density at radius 3 is 1.96 bits per heavy atom. The van der Waals surface area contributed by atoms with Gasteiger partial charge in [0.15, 0.2) is 0 Å². The maximum Gasteiger partial charge on any atom is 0.293 e. The Kier molecular flexibility index (Phi) is 11.2. The molecule has 1 aromatic carbocycles. The largest absolute Gasteiger partial charge is 0.462 e. The van der Waals surface area contributed by atoms with E-state index < -0.39 is 11.6 Å². The van der Waals surface area contributed by atoms with E-state index in [-0.39, 0.29) is 5.60 Å². The first-order valence-corrected chi connectivity index (χ1v) is 7.74. The van der Waals surface area contributed by atoms with Crippen molar-refractivity contribution in [3.8, 4) is 0 Å². The van der Waals surface area contributed by atoms with Crippen LogP contribution < -0.4 is 5.32 Å². The molecule has 1 fully saturated rings. The fourth-order valence-corrected chi connectivity index (χ4v) is 1.63. The van der Waals surface area contributed by atoms with Gasteiger partial charge in [0.2, 0.25) is 0 Å². The lowest BCUT2D eigenvalue weighted by Gasteiger charge is -2.25. The third-order valence-electron chi connectivity index (χ3n) is 2.85. The zero-order valence-corrected chi connectivity index (χ0v) is 14.4. The fourth-order valence-electron chi connectivity index (χ4n) is 1.63. The van der Waals surface area contributed by atoms with Gasteiger partial charge in [-0.3, -0.25) is 4.79 Å². The van der Waals surface area contributed by atoms with Crippen LogP contribution in [0, 0.1) is 11.6 Å². The van der Waals surface area contributed by atoms with Gasteiger partial charge in [-0.2, -0.15) is 0 Å². The number of likely N-dealkylation sites (N-methyl/N-ethyl adjacent to an activating group) is 1. The molecule has 0 saturated carbocycles. The highest BCUT2D eigenvalue weighted by Crippen LogP contribution is 2.02. The number of hydrogen-bond acceptors (Lipinski definition) is 4. The Bertz CT molecular complexity index is 414. The van der Waals surface area contributed by atoms with E-state index >= 15 is 0 Å². The fraction of sp³-hybridized carbons (Fsp3) is 0.588. The van der Waals surface area contributed by atoms with Crippen LogP contribution in [-0.2, 0) is 9.53 Å². The van der Waals surface area contributed by atoms with Crippen molar-refractivity contribution in [2.45, 2.75) is 33.3 Å². The Balaban J connectivity index is 0.000000317. The van der Waals surface area contributed by atoms with Crippen molar-refractivity contribution in [3.63, 3.8) is 0 Å². The first-order valence-electron chi connectivity index (χ1n) is 7.74. The molecule has 23 heavy (non-hydrogen) atoms.